The van der Waals surface area contributed by atoms with E-state index in [2.05, 4.69) is 241 Å². The molecule has 0 amide bonds. The molecular weight excluding hydrogens is 808 g/mol. The van der Waals surface area contributed by atoms with E-state index in [4.69, 9.17) is 0 Å². The molecule has 0 atom stereocenters. The van der Waals surface area contributed by atoms with Crippen LogP contribution >= 0.6 is 0 Å². The summed E-state index contributed by atoms with van der Waals surface area (Å²) < 4.78 is 2.75. The molecule has 0 N–H and O–H groups in total. The standard InChI is InChI=1S/C64H53BN2/c1-38-48-24-17-18-25-49(48)39(2)52-37-58-56(36-51(38)52)65-61-59(66(58)47-30-43(40-19-11-9-12-20-40)29-44(31-47)41-21-13-10-14-22-41)32-42-23-15-16-26-50(42)60(61)55-35-46(64(6,7)8)34-54-53-33-45(63(3,4)5)27-28-57(53)67(65)62(54)55/h9-37H,1-8H3. The summed E-state index contributed by atoms with van der Waals surface area (Å²) in [7, 11) is 0. The van der Waals surface area contributed by atoms with E-state index in [1.165, 1.54) is 132 Å². The molecule has 1 aromatic heterocycles. The van der Waals surface area contributed by atoms with Crippen molar-refractivity contribution in [1.82, 2.24) is 4.48 Å². The Morgan fingerprint density at radius 2 is 0.985 bits per heavy atom. The maximum Gasteiger partial charge on any atom is 0.333 e. The van der Waals surface area contributed by atoms with E-state index in [9.17, 15) is 0 Å². The molecule has 0 saturated carbocycles. The minimum atomic E-state index is -0.0872. The number of hydrogen-bond donors (Lipinski definition) is 0. The molecule has 0 aliphatic carbocycles. The zero-order valence-electron chi connectivity index (χ0n) is 39.7. The minimum Gasteiger partial charge on any atom is -0.375 e. The van der Waals surface area contributed by atoms with Crippen LogP contribution in [0.15, 0.2) is 176 Å². The summed E-state index contributed by atoms with van der Waals surface area (Å²) in [5.74, 6) is 0. The zero-order chi connectivity index (χ0) is 45.7. The second-order valence-electron chi connectivity index (χ2n) is 21.4. The van der Waals surface area contributed by atoms with Gasteiger partial charge in [0, 0.05) is 44.4 Å². The van der Waals surface area contributed by atoms with E-state index in [1.54, 1.807) is 0 Å². The molecule has 0 bridgehead atoms. The highest BCUT2D eigenvalue weighted by atomic mass is 15.2. The van der Waals surface area contributed by atoms with E-state index >= 15 is 0 Å². The van der Waals surface area contributed by atoms with Crippen molar-refractivity contribution in [2.75, 3.05) is 4.90 Å². The van der Waals surface area contributed by atoms with Gasteiger partial charge in [-0.3, -0.25) is 0 Å². The van der Waals surface area contributed by atoms with Crippen LogP contribution in [0, 0.1) is 13.8 Å². The molecule has 2 nitrogen and oxygen atoms in total. The molecule has 3 heteroatoms. The van der Waals surface area contributed by atoms with E-state index in [0.29, 0.717) is 0 Å². The van der Waals surface area contributed by atoms with E-state index < -0.39 is 0 Å². The number of hydrogen-bond acceptors (Lipinski definition) is 1. The number of rotatable bonds is 3. The topological polar surface area (TPSA) is 8.17 Å². The van der Waals surface area contributed by atoms with Gasteiger partial charge in [-0.05, 0) is 173 Å². The van der Waals surface area contributed by atoms with E-state index in [0.717, 1.165) is 5.69 Å². The van der Waals surface area contributed by atoms with Gasteiger partial charge in [0.2, 0.25) is 0 Å². The summed E-state index contributed by atoms with van der Waals surface area (Å²) in [6.07, 6.45) is 0. The van der Waals surface area contributed by atoms with Crippen LogP contribution in [0.2, 0.25) is 0 Å². The fourth-order valence-electron chi connectivity index (χ4n) is 11.9. The van der Waals surface area contributed by atoms with Crippen LogP contribution in [0.25, 0.3) is 87.5 Å². The van der Waals surface area contributed by atoms with Crippen molar-refractivity contribution in [2.24, 2.45) is 0 Å². The molecule has 322 valence electrons. The third kappa shape index (κ3) is 5.83. The highest BCUT2D eigenvalue weighted by Crippen LogP contribution is 2.51. The Morgan fingerprint density at radius 3 is 1.61 bits per heavy atom. The van der Waals surface area contributed by atoms with Gasteiger partial charge in [0.05, 0.1) is 0 Å². The molecule has 0 spiro atoms. The predicted molar refractivity (Wildman–Crippen MR) is 290 cm³/mol. The molecule has 0 radical (unpaired) electrons. The summed E-state index contributed by atoms with van der Waals surface area (Å²) in [6.45, 7) is 18.7. The molecule has 2 aliphatic heterocycles. The molecule has 0 fully saturated rings. The predicted octanol–water partition coefficient (Wildman–Crippen LogP) is 16.2. The molecule has 67 heavy (non-hydrogen) atoms. The first-order valence-corrected chi connectivity index (χ1v) is 24.0. The Morgan fingerprint density at radius 1 is 0.418 bits per heavy atom. The van der Waals surface area contributed by atoms with Crippen molar-refractivity contribution >= 4 is 89.0 Å². The first-order chi connectivity index (χ1) is 32.3. The lowest BCUT2D eigenvalue weighted by molar-refractivity contribution is 0.590. The van der Waals surface area contributed by atoms with Gasteiger partial charge < -0.3 is 9.38 Å². The number of fused-ring (bicyclic) bond motifs is 11. The maximum absolute atomic E-state index is 2.75. The summed E-state index contributed by atoms with van der Waals surface area (Å²) in [5, 5.41) is 10.5. The second kappa shape index (κ2) is 14.1. The van der Waals surface area contributed by atoms with Crippen LogP contribution < -0.4 is 15.8 Å². The molecule has 10 aromatic carbocycles. The quantitative estimate of drug-likeness (QED) is 0.127. The minimum absolute atomic E-state index is 0.00149. The largest absolute Gasteiger partial charge is 0.375 e. The number of anilines is 3. The van der Waals surface area contributed by atoms with Crippen molar-refractivity contribution in [1.29, 1.82) is 0 Å². The number of nitrogens with zero attached hydrogens (tertiary/aromatic N) is 2. The molecule has 13 rings (SSSR count). The van der Waals surface area contributed by atoms with E-state index in [1.807, 2.05) is 0 Å². The second-order valence-corrected chi connectivity index (χ2v) is 21.4. The first kappa shape index (κ1) is 40.0. The van der Waals surface area contributed by atoms with Gasteiger partial charge in [0.15, 0.2) is 0 Å². The van der Waals surface area contributed by atoms with Gasteiger partial charge in [0.25, 0.3) is 0 Å². The lowest BCUT2D eigenvalue weighted by Gasteiger charge is -2.42. The highest BCUT2D eigenvalue weighted by Gasteiger charge is 2.44. The number of benzene rings is 10. The summed E-state index contributed by atoms with van der Waals surface area (Å²) in [5.41, 5.74) is 21.7. The number of aromatic nitrogens is 1. The Labute approximate surface area is 394 Å². The smallest absolute Gasteiger partial charge is 0.333 e. The SMILES string of the molecule is Cc1c2ccccc2c(C)c2cc3c(cc12)B1c2c(cc4ccccc4c2-c2cc(C(C)(C)C)cc4c5cc(C(C)(C)C)ccc5n1c24)N3c1cc(-c2ccccc2)cc(-c2ccccc2)c1. The Balaban J connectivity index is 1.24. The lowest BCUT2D eigenvalue weighted by atomic mass is 9.44. The molecule has 11 aromatic rings. The third-order valence-electron chi connectivity index (χ3n) is 15.4. The average Bonchev–Trinajstić information content (AvgIpc) is 3.67. The van der Waals surface area contributed by atoms with Crippen LogP contribution in [-0.2, 0) is 10.8 Å². The van der Waals surface area contributed by atoms with Crippen molar-refractivity contribution < 1.29 is 0 Å². The summed E-state index contributed by atoms with van der Waals surface area (Å²) >= 11 is 0. The highest BCUT2D eigenvalue weighted by molar-refractivity contribution is 6.90. The maximum atomic E-state index is 2.75. The van der Waals surface area contributed by atoms with Crippen molar-refractivity contribution in [3.63, 3.8) is 0 Å². The van der Waals surface area contributed by atoms with Crippen molar-refractivity contribution in [2.45, 2.75) is 66.2 Å². The van der Waals surface area contributed by atoms with Gasteiger partial charge >= 0.3 is 6.85 Å². The van der Waals surface area contributed by atoms with Gasteiger partial charge in [0.1, 0.15) is 0 Å². The van der Waals surface area contributed by atoms with Crippen molar-refractivity contribution in [3.8, 4) is 33.4 Å². The van der Waals surface area contributed by atoms with Gasteiger partial charge in [-0.2, -0.15) is 0 Å². The molecular formula is C64H53BN2. The van der Waals surface area contributed by atoms with Crippen LogP contribution in [0.5, 0.6) is 0 Å². The number of aryl methyl sites for hydroxylation is 2. The Bertz CT molecular complexity index is 3840. The molecule has 3 heterocycles. The fourth-order valence-corrected chi connectivity index (χ4v) is 11.9. The fraction of sp³-hybridized carbons (Fsp3) is 0.156. The normalized spacial score (nSPS) is 13.3. The molecule has 2 aliphatic rings. The van der Waals surface area contributed by atoms with Gasteiger partial charge in [-0.25, -0.2) is 0 Å². The van der Waals surface area contributed by atoms with Crippen LogP contribution in [-0.4, -0.2) is 11.3 Å². The first-order valence-electron chi connectivity index (χ1n) is 24.0. The van der Waals surface area contributed by atoms with E-state index in [-0.39, 0.29) is 17.7 Å². The van der Waals surface area contributed by atoms with Gasteiger partial charge in [-0.1, -0.05) is 163 Å². The van der Waals surface area contributed by atoms with Crippen LogP contribution in [0.4, 0.5) is 17.1 Å². The monoisotopic (exact) mass is 860 g/mol. The zero-order valence-corrected chi connectivity index (χ0v) is 39.7. The lowest BCUT2D eigenvalue weighted by Crippen LogP contribution is -2.56. The van der Waals surface area contributed by atoms with Crippen LogP contribution in [0.1, 0.15) is 63.8 Å². The summed E-state index contributed by atoms with van der Waals surface area (Å²) in [6, 6.07) is 67.2. The molecule has 0 unspecified atom stereocenters. The summed E-state index contributed by atoms with van der Waals surface area (Å²) in [4.78, 5) is 2.64. The molecule has 0 saturated heterocycles. The Kier molecular flexibility index (Phi) is 8.40. The van der Waals surface area contributed by atoms with Crippen molar-refractivity contribution in [3.05, 3.63) is 198 Å². The van der Waals surface area contributed by atoms with Gasteiger partial charge in [-0.15, -0.1) is 0 Å². The van der Waals surface area contributed by atoms with Crippen LogP contribution in [0.3, 0.4) is 0 Å². The Hall–Kier alpha value is -7.36. The average molecular weight is 861 g/mol. The third-order valence-corrected chi connectivity index (χ3v) is 15.4.